The number of benzene rings is 1. The van der Waals surface area contributed by atoms with Gasteiger partial charge in [-0.25, -0.2) is 8.42 Å². The minimum Gasteiger partial charge on any atom is -0.349 e. The van der Waals surface area contributed by atoms with Crippen molar-refractivity contribution in [2.45, 2.75) is 45.2 Å². The van der Waals surface area contributed by atoms with Gasteiger partial charge in [-0.3, -0.25) is 9.69 Å². The minimum atomic E-state index is -3.10. The average molecular weight is 406 g/mol. The number of carbonyl (C=O) groups is 1. The lowest BCUT2D eigenvalue weighted by atomic mass is 9.95. The largest absolute Gasteiger partial charge is 0.349 e. The molecule has 1 saturated heterocycles. The van der Waals surface area contributed by atoms with Gasteiger partial charge in [0.05, 0.1) is 5.75 Å². The molecule has 6 nitrogen and oxygen atoms in total. The van der Waals surface area contributed by atoms with Crippen molar-refractivity contribution in [1.82, 2.24) is 14.5 Å². The Hall–Kier alpha value is -1.44. The summed E-state index contributed by atoms with van der Waals surface area (Å²) in [5, 5.41) is 3.26. The fourth-order valence-electron chi connectivity index (χ4n) is 5.09. The summed E-state index contributed by atoms with van der Waals surface area (Å²) in [4.78, 5) is 15.0. The first-order valence-corrected chi connectivity index (χ1v) is 12.2. The number of piperazine rings is 1. The van der Waals surface area contributed by atoms with Crippen molar-refractivity contribution in [2.24, 2.45) is 11.8 Å². The number of nitrogens with one attached hydrogen (secondary N) is 1. The molecule has 2 saturated carbocycles. The normalized spacial score (nSPS) is 28.5. The molecule has 1 aromatic rings. The fraction of sp³-hybridized carbons (Fsp3) is 0.667. The smallest absolute Gasteiger partial charge is 0.251 e. The van der Waals surface area contributed by atoms with Gasteiger partial charge in [0.1, 0.15) is 0 Å². The molecule has 4 rings (SSSR count). The summed E-state index contributed by atoms with van der Waals surface area (Å²) in [6, 6.07) is 8.21. The van der Waals surface area contributed by atoms with E-state index in [4.69, 9.17) is 0 Å². The topological polar surface area (TPSA) is 69.7 Å². The Labute approximate surface area is 168 Å². The second-order valence-electron chi connectivity index (χ2n) is 8.53. The van der Waals surface area contributed by atoms with Crippen LogP contribution in [0.1, 0.15) is 48.5 Å². The van der Waals surface area contributed by atoms with Gasteiger partial charge in [-0.1, -0.05) is 18.6 Å². The zero-order valence-electron chi connectivity index (χ0n) is 16.6. The third-order valence-corrected chi connectivity index (χ3v) is 8.62. The fourth-order valence-corrected chi connectivity index (χ4v) is 6.18. The number of amides is 1. The molecule has 3 aliphatic rings. The molecule has 3 fully saturated rings. The summed E-state index contributed by atoms with van der Waals surface area (Å²) in [5.74, 6) is 1.69. The Morgan fingerprint density at radius 1 is 1.14 bits per heavy atom. The van der Waals surface area contributed by atoms with Crippen molar-refractivity contribution in [3.8, 4) is 0 Å². The van der Waals surface area contributed by atoms with Crippen molar-refractivity contribution in [3.05, 3.63) is 35.4 Å². The van der Waals surface area contributed by atoms with E-state index in [0.29, 0.717) is 25.0 Å². The Morgan fingerprint density at radius 3 is 2.57 bits per heavy atom. The number of rotatable bonds is 6. The van der Waals surface area contributed by atoms with E-state index in [1.807, 2.05) is 24.3 Å². The molecule has 154 valence electrons. The molecule has 2 bridgehead atoms. The number of sulfonamides is 1. The molecule has 3 atom stereocenters. The summed E-state index contributed by atoms with van der Waals surface area (Å²) in [7, 11) is -3.10. The summed E-state index contributed by atoms with van der Waals surface area (Å²) in [5.41, 5.74) is 1.83. The molecule has 1 heterocycles. The third-order valence-electron chi connectivity index (χ3n) is 6.74. The lowest BCUT2D eigenvalue weighted by Crippen LogP contribution is -2.48. The molecule has 0 aromatic heterocycles. The second-order valence-corrected chi connectivity index (χ2v) is 10.8. The van der Waals surface area contributed by atoms with Gasteiger partial charge in [-0.2, -0.15) is 4.31 Å². The zero-order chi connectivity index (χ0) is 19.7. The maximum atomic E-state index is 12.7. The molecule has 28 heavy (non-hydrogen) atoms. The van der Waals surface area contributed by atoms with Gasteiger partial charge in [0.15, 0.2) is 0 Å². The number of fused-ring (bicyclic) bond motifs is 2. The maximum absolute atomic E-state index is 12.7. The summed E-state index contributed by atoms with van der Waals surface area (Å²) in [6.45, 7) is 4.97. The van der Waals surface area contributed by atoms with E-state index < -0.39 is 10.0 Å². The predicted molar refractivity (Wildman–Crippen MR) is 109 cm³/mol. The van der Waals surface area contributed by atoms with E-state index in [1.54, 1.807) is 11.2 Å². The van der Waals surface area contributed by atoms with Gasteiger partial charge in [-0.05, 0) is 55.7 Å². The van der Waals surface area contributed by atoms with E-state index in [2.05, 4.69) is 10.2 Å². The van der Waals surface area contributed by atoms with E-state index >= 15 is 0 Å². The zero-order valence-corrected chi connectivity index (χ0v) is 17.5. The highest BCUT2D eigenvalue weighted by Gasteiger charge is 2.40. The van der Waals surface area contributed by atoms with E-state index in [9.17, 15) is 13.2 Å². The van der Waals surface area contributed by atoms with Crippen LogP contribution in [0.15, 0.2) is 24.3 Å². The standard InChI is InChI=1S/C21H31N3O3S/c1-2-28(26,27)24-10-8-23(9-11-24)15-17-4-3-5-19(13-17)21(25)22-20-14-16-6-7-18(20)12-16/h3-5,13,16,18,20H,2,6-12,14-15H2,1H3,(H,22,25). The molecule has 1 N–H and O–H groups in total. The van der Waals surface area contributed by atoms with Crippen LogP contribution in [0.4, 0.5) is 0 Å². The molecule has 1 amide bonds. The minimum absolute atomic E-state index is 0.0401. The van der Waals surface area contributed by atoms with E-state index in [1.165, 1.54) is 19.3 Å². The van der Waals surface area contributed by atoms with Crippen LogP contribution >= 0.6 is 0 Å². The maximum Gasteiger partial charge on any atom is 0.251 e. The van der Waals surface area contributed by atoms with Crippen LogP contribution in [0, 0.1) is 11.8 Å². The Bertz CT molecular complexity index is 818. The molecule has 0 spiro atoms. The second kappa shape index (κ2) is 8.13. The van der Waals surface area contributed by atoms with Crippen LogP contribution < -0.4 is 5.32 Å². The lowest BCUT2D eigenvalue weighted by Gasteiger charge is -2.33. The first-order chi connectivity index (χ1) is 13.4. The first kappa shape index (κ1) is 19.9. The summed E-state index contributed by atoms with van der Waals surface area (Å²) >= 11 is 0. The number of hydrogen-bond donors (Lipinski definition) is 1. The Morgan fingerprint density at radius 2 is 1.93 bits per heavy atom. The molecule has 1 aromatic carbocycles. The third kappa shape index (κ3) is 4.26. The van der Waals surface area contributed by atoms with Gasteiger partial charge in [0.2, 0.25) is 10.0 Å². The number of hydrogen-bond acceptors (Lipinski definition) is 4. The van der Waals surface area contributed by atoms with Crippen LogP contribution in [0.5, 0.6) is 0 Å². The number of carbonyl (C=O) groups excluding carboxylic acids is 1. The van der Waals surface area contributed by atoms with Crippen LogP contribution in [0.3, 0.4) is 0 Å². The molecule has 7 heteroatoms. The van der Waals surface area contributed by atoms with E-state index in [0.717, 1.165) is 43.1 Å². The Balaban J connectivity index is 1.32. The van der Waals surface area contributed by atoms with Crippen molar-refractivity contribution in [3.63, 3.8) is 0 Å². The monoisotopic (exact) mass is 405 g/mol. The van der Waals surface area contributed by atoms with Gasteiger partial charge >= 0.3 is 0 Å². The number of nitrogens with zero attached hydrogens (tertiary/aromatic N) is 2. The van der Waals surface area contributed by atoms with Gasteiger partial charge < -0.3 is 5.32 Å². The van der Waals surface area contributed by atoms with Crippen molar-refractivity contribution < 1.29 is 13.2 Å². The first-order valence-electron chi connectivity index (χ1n) is 10.5. The molecular weight excluding hydrogens is 374 g/mol. The van der Waals surface area contributed by atoms with Gasteiger partial charge in [0, 0.05) is 44.3 Å². The molecular formula is C21H31N3O3S. The SMILES string of the molecule is CCS(=O)(=O)N1CCN(Cc2cccc(C(=O)NC3CC4CCC3C4)c2)CC1. The molecule has 1 aliphatic heterocycles. The van der Waals surface area contributed by atoms with Gasteiger partial charge in [-0.15, -0.1) is 0 Å². The van der Waals surface area contributed by atoms with Crippen LogP contribution in [0.25, 0.3) is 0 Å². The summed E-state index contributed by atoms with van der Waals surface area (Å²) in [6.07, 6.45) is 5.01. The average Bonchev–Trinajstić information content (AvgIpc) is 3.32. The van der Waals surface area contributed by atoms with Crippen molar-refractivity contribution in [1.29, 1.82) is 0 Å². The highest BCUT2D eigenvalue weighted by molar-refractivity contribution is 7.89. The lowest BCUT2D eigenvalue weighted by molar-refractivity contribution is 0.0922. The predicted octanol–water partition coefficient (Wildman–Crippen LogP) is 2.07. The highest BCUT2D eigenvalue weighted by Crippen LogP contribution is 2.44. The van der Waals surface area contributed by atoms with Gasteiger partial charge in [0.25, 0.3) is 5.91 Å². The van der Waals surface area contributed by atoms with Crippen LogP contribution in [-0.4, -0.2) is 61.5 Å². The molecule has 2 aliphatic carbocycles. The Kier molecular flexibility index (Phi) is 5.76. The molecule has 0 radical (unpaired) electrons. The highest BCUT2D eigenvalue weighted by atomic mass is 32.2. The van der Waals surface area contributed by atoms with Crippen molar-refractivity contribution >= 4 is 15.9 Å². The summed E-state index contributed by atoms with van der Waals surface area (Å²) < 4.78 is 25.6. The van der Waals surface area contributed by atoms with Crippen LogP contribution in [-0.2, 0) is 16.6 Å². The van der Waals surface area contributed by atoms with Crippen LogP contribution in [0.2, 0.25) is 0 Å². The van der Waals surface area contributed by atoms with Crippen molar-refractivity contribution in [2.75, 3.05) is 31.9 Å². The quantitative estimate of drug-likeness (QED) is 0.787. The molecule has 3 unspecified atom stereocenters. The van der Waals surface area contributed by atoms with E-state index in [-0.39, 0.29) is 11.7 Å².